The number of para-hydroxylation sites is 1. The number of thiol groups is 1. The second-order valence-electron chi connectivity index (χ2n) is 3.27. The van der Waals surface area contributed by atoms with Gasteiger partial charge in [-0.25, -0.2) is 4.68 Å². The maximum Gasteiger partial charge on any atom is 0.0734 e. The molecule has 0 atom stereocenters. The molecule has 3 heteroatoms. The molecule has 0 aliphatic heterocycles. The first kappa shape index (κ1) is 9.34. The number of nitrogens with zero attached hydrogens (tertiary/aromatic N) is 2. The van der Waals surface area contributed by atoms with Crippen molar-refractivity contribution in [1.82, 2.24) is 9.78 Å². The molecule has 14 heavy (non-hydrogen) atoms. The van der Waals surface area contributed by atoms with E-state index < -0.39 is 0 Å². The molecule has 1 aromatic carbocycles. The van der Waals surface area contributed by atoms with Gasteiger partial charge in [0.05, 0.1) is 17.1 Å². The average molecular weight is 204 g/mol. The predicted octanol–water partition coefficient (Wildman–Crippen LogP) is 2.78. The van der Waals surface area contributed by atoms with Gasteiger partial charge in [-0.1, -0.05) is 18.2 Å². The largest absolute Gasteiger partial charge is 0.237 e. The van der Waals surface area contributed by atoms with Gasteiger partial charge in [0.25, 0.3) is 0 Å². The molecule has 0 bridgehead atoms. The van der Waals surface area contributed by atoms with E-state index in [9.17, 15) is 0 Å². The maximum absolute atomic E-state index is 4.42. The summed E-state index contributed by atoms with van der Waals surface area (Å²) >= 11 is 4.40. The third-order valence-corrected chi connectivity index (χ3v) is 2.90. The summed E-state index contributed by atoms with van der Waals surface area (Å²) in [6.07, 6.45) is 0. The van der Waals surface area contributed by atoms with Crippen LogP contribution in [-0.2, 0) is 0 Å². The molecule has 1 heterocycles. The zero-order valence-corrected chi connectivity index (χ0v) is 9.12. The highest BCUT2D eigenvalue weighted by Crippen LogP contribution is 2.20. The molecule has 72 valence electrons. The van der Waals surface area contributed by atoms with Crippen molar-refractivity contribution in [2.24, 2.45) is 0 Å². The topological polar surface area (TPSA) is 17.8 Å². The molecule has 1 aromatic heterocycles. The van der Waals surface area contributed by atoms with Crippen LogP contribution in [0.25, 0.3) is 5.69 Å². The summed E-state index contributed by atoms with van der Waals surface area (Å²) in [4.78, 5) is 0.967. The van der Waals surface area contributed by atoms with Crippen molar-refractivity contribution in [3.05, 3.63) is 41.7 Å². The van der Waals surface area contributed by atoms with Crippen LogP contribution in [0.5, 0.6) is 0 Å². The minimum Gasteiger partial charge on any atom is -0.237 e. The molecule has 0 amide bonds. The first-order valence-corrected chi connectivity index (χ1v) is 4.95. The third-order valence-electron chi connectivity index (χ3n) is 2.25. The van der Waals surface area contributed by atoms with Gasteiger partial charge in [-0.15, -0.1) is 12.6 Å². The van der Waals surface area contributed by atoms with Crippen LogP contribution >= 0.6 is 12.6 Å². The summed E-state index contributed by atoms with van der Waals surface area (Å²) in [5.74, 6) is 0. The highest BCUT2D eigenvalue weighted by atomic mass is 32.1. The van der Waals surface area contributed by atoms with E-state index in [-0.39, 0.29) is 0 Å². The second kappa shape index (κ2) is 3.50. The summed E-state index contributed by atoms with van der Waals surface area (Å²) in [5, 5.41) is 4.42. The van der Waals surface area contributed by atoms with Crippen LogP contribution in [-0.4, -0.2) is 9.78 Å². The molecule has 0 unspecified atom stereocenters. The van der Waals surface area contributed by atoms with Gasteiger partial charge >= 0.3 is 0 Å². The molecule has 0 spiro atoms. The third kappa shape index (κ3) is 1.44. The highest BCUT2D eigenvalue weighted by molar-refractivity contribution is 7.80. The lowest BCUT2D eigenvalue weighted by Gasteiger charge is -2.02. The van der Waals surface area contributed by atoms with Gasteiger partial charge in [-0.2, -0.15) is 5.10 Å². The summed E-state index contributed by atoms with van der Waals surface area (Å²) in [6.45, 7) is 3.99. The fourth-order valence-corrected chi connectivity index (χ4v) is 1.59. The minimum absolute atomic E-state index is 0.967. The lowest BCUT2D eigenvalue weighted by Crippen LogP contribution is -1.98. The van der Waals surface area contributed by atoms with Crippen LogP contribution in [0.15, 0.2) is 35.2 Å². The Morgan fingerprint density at radius 2 is 1.79 bits per heavy atom. The van der Waals surface area contributed by atoms with Crippen molar-refractivity contribution < 1.29 is 0 Å². The van der Waals surface area contributed by atoms with E-state index in [2.05, 4.69) is 17.7 Å². The molecule has 0 N–H and O–H groups in total. The van der Waals surface area contributed by atoms with Crippen LogP contribution in [0.1, 0.15) is 11.4 Å². The van der Waals surface area contributed by atoms with Crippen molar-refractivity contribution in [2.75, 3.05) is 0 Å². The van der Waals surface area contributed by atoms with E-state index in [1.54, 1.807) is 0 Å². The number of hydrogen-bond donors (Lipinski definition) is 1. The molecule has 2 nitrogen and oxygen atoms in total. The van der Waals surface area contributed by atoms with E-state index in [0.717, 1.165) is 22.0 Å². The van der Waals surface area contributed by atoms with Gasteiger partial charge in [0, 0.05) is 4.90 Å². The lowest BCUT2D eigenvalue weighted by atomic mass is 10.3. The van der Waals surface area contributed by atoms with E-state index in [1.165, 1.54) is 0 Å². The molecule has 0 saturated carbocycles. The Morgan fingerprint density at radius 3 is 2.29 bits per heavy atom. The second-order valence-corrected chi connectivity index (χ2v) is 3.71. The Kier molecular flexibility index (Phi) is 2.33. The SMILES string of the molecule is Cc1nn(-c2ccccc2)c(C)c1S. The predicted molar refractivity (Wildman–Crippen MR) is 60.3 cm³/mol. The maximum atomic E-state index is 4.42. The molecular formula is C11H12N2S. The number of aryl methyl sites for hydroxylation is 1. The van der Waals surface area contributed by atoms with Gasteiger partial charge in [-0.05, 0) is 26.0 Å². The summed E-state index contributed by atoms with van der Waals surface area (Å²) < 4.78 is 1.91. The first-order valence-electron chi connectivity index (χ1n) is 4.51. The van der Waals surface area contributed by atoms with E-state index in [1.807, 2.05) is 48.9 Å². The van der Waals surface area contributed by atoms with Gasteiger partial charge in [-0.3, -0.25) is 0 Å². The molecule has 0 radical (unpaired) electrons. The first-order chi connectivity index (χ1) is 6.70. The Hall–Kier alpha value is -1.22. The highest BCUT2D eigenvalue weighted by Gasteiger charge is 2.08. The van der Waals surface area contributed by atoms with Crippen LogP contribution in [0.4, 0.5) is 0 Å². The molecule has 0 aliphatic rings. The normalized spacial score (nSPS) is 10.5. The lowest BCUT2D eigenvalue weighted by molar-refractivity contribution is 0.832. The summed E-state index contributed by atoms with van der Waals surface area (Å²) in [6, 6.07) is 10.1. The summed E-state index contributed by atoms with van der Waals surface area (Å²) in [7, 11) is 0. The van der Waals surface area contributed by atoms with Gasteiger partial charge < -0.3 is 0 Å². The van der Waals surface area contributed by atoms with Crippen LogP contribution < -0.4 is 0 Å². The number of hydrogen-bond acceptors (Lipinski definition) is 2. The molecule has 0 saturated heterocycles. The van der Waals surface area contributed by atoms with E-state index >= 15 is 0 Å². The van der Waals surface area contributed by atoms with Crippen molar-refractivity contribution >= 4 is 12.6 Å². The van der Waals surface area contributed by atoms with Crippen LogP contribution in [0.2, 0.25) is 0 Å². The Labute approximate surface area is 89.0 Å². The van der Waals surface area contributed by atoms with Gasteiger partial charge in [0.15, 0.2) is 0 Å². The molecule has 0 aliphatic carbocycles. The Balaban J connectivity index is 2.58. The quantitative estimate of drug-likeness (QED) is 0.707. The minimum atomic E-state index is 0.967. The van der Waals surface area contributed by atoms with E-state index in [4.69, 9.17) is 0 Å². The van der Waals surface area contributed by atoms with Crippen molar-refractivity contribution in [3.63, 3.8) is 0 Å². The monoisotopic (exact) mass is 204 g/mol. The number of rotatable bonds is 1. The average Bonchev–Trinajstić information content (AvgIpc) is 2.47. The van der Waals surface area contributed by atoms with Crippen molar-refractivity contribution in [3.8, 4) is 5.69 Å². The Morgan fingerprint density at radius 1 is 1.14 bits per heavy atom. The fourth-order valence-electron chi connectivity index (χ4n) is 1.46. The smallest absolute Gasteiger partial charge is 0.0734 e. The zero-order valence-electron chi connectivity index (χ0n) is 8.23. The molecule has 0 fully saturated rings. The molecular weight excluding hydrogens is 192 g/mol. The van der Waals surface area contributed by atoms with Gasteiger partial charge in [0.2, 0.25) is 0 Å². The Bertz CT molecular complexity index is 446. The van der Waals surface area contributed by atoms with Crippen LogP contribution in [0.3, 0.4) is 0 Å². The van der Waals surface area contributed by atoms with Crippen molar-refractivity contribution in [2.45, 2.75) is 18.7 Å². The zero-order chi connectivity index (χ0) is 10.1. The number of benzene rings is 1. The standard InChI is InChI=1S/C11H12N2S/c1-8-11(14)9(2)13(12-8)10-6-4-3-5-7-10/h3-7,14H,1-2H3. The van der Waals surface area contributed by atoms with E-state index in [0.29, 0.717) is 0 Å². The number of aromatic nitrogens is 2. The fraction of sp³-hybridized carbons (Fsp3) is 0.182. The molecule has 2 rings (SSSR count). The van der Waals surface area contributed by atoms with Gasteiger partial charge in [0.1, 0.15) is 0 Å². The summed E-state index contributed by atoms with van der Waals surface area (Å²) in [5.41, 5.74) is 3.13. The molecule has 2 aromatic rings. The van der Waals surface area contributed by atoms with Crippen LogP contribution in [0, 0.1) is 13.8 Å². The van der Waals surface area contributed by atoms with Crippen molar-refractivity contribution in [1.29, 1.82) is 0 Å².